The van der Waals surface area contributed by atoms with Gasteiger partial charge in [-0.15, -0.1) is 0 Å². The fraction of sp³-hybridized carbons (Fsp3) is 0.409. The van der Waals surface area contributed by atoms with Crippen LogP contribution in [-0.2, 0) is 21.4 Å². The summed E-state index contributed by atoms with van der Waals surface area (Å²) < 4.78 is 29.1. The molecule has 5 nitrogen and oxygen atoms in total. The van der Waals surface area contributed by atoms with Gasteiger partial charge in [-0.05, 0) is 50.3 Å². The number of fused-ring (bicyclic) bond motifs is 4. The van der Waals surface area contributed by atoms with Gasteiger partial charge in [-0.3, -0.25) is 4.79 Å². The molecule has 1 aliphatic carbocycles. The van der Waals surface area contributed by atoms with E-state index in [1.807, 2.05) is 54.3 Å². The zero-order valence-electron chi connectivity index (χ0n) is 16.1. The minimum atomic E-state index is -3.64. The van der Waals surface area contributed by atoms with Crippen LogP contribution in [0, 0.1) is 12.8 Å². The second-order valence-electron chi connectivity index (χ2n) is 8.15. The molecule has 5 rings (SSSR count). The monoisotopic (exact) mass is 398 g/mol. The van der Waals surface area contributed by atoms with Crippen molar-refractivity contribution in [2.75, 3.05) is 6.54 Å². The summed E-state index contributed by atoms with van der Waals surface area (Å²) in [7, 11) is -3.64. The van der Waals surface area contributed by atoms with Crippen molar-refractivity contribution >= 4 is 15.9 Å². The van der Waals surface area contributed by atoms with E-state index in [0.717, 1.165) is 24.0 Å². The molecule has 0 spiro atoms. The molecule has 2 aliphatic heterocycles. The molecule has 2 bridgehead atoms. The van der Waals surface area contributed by atoms with Gasteiger partial charge >= 0.3 is 0 Å². The molecular weight excluding hydrogens is 372 g/mol. The number of sulfonamides is 1. The topological polar surface area (TPSA) is 66.5 Å². The molecule has 6 heteroatoms. The van der Waals surface area contributed by atoms with E-state index in [-0.39, 0.29) is 16.7 Å². The summed E-state index contributed by atoms with van der Waals surface area (Å²) in [5.41, 5.74) is 1.49. The Labute approximate surface area is 166 Å². The fourth-order valence-corrected chi connectivity index (χ4v) is 5.86. The summed E-state index contributed by atoms with van der Waals surface area (Å²) in [5, 5.41) is 0. The van der Waals surface area contributed by atoms with Gasteiger partial charge in [0.2, 0.25) is 15.9 Å². The largest absolute Gasteiger partial charge is 0.336 e. The van der Waals surface area contributed by atoms with E-state index in [1.165, 1.54) is 0 Å². The first-order chi connectivity index (χ1) is 13.4. The molecular formula is C22H26N2O3S. The summed E-state index contributed by atoms with van der Waals surface area (Å²) in [5.74, 6) is 0.154. The van der Waals surface area contributed by atoms with E-state index in [1.54, 1.807) is 12.1 Å². The fourth-order valence-electron chi connectivity index (χ4n) is 4.41. The lowest BCUT2D eigenvalue weighted by Crippen LogP contribution is -2.54. The van der Waals surface area contributed by atoms with E-state index < -0.39 is 15.6 Å². The summed E-state index contributed by atoms with van der Waals surface area (Å²) in [6.45, 7) is 2.87. The third kappa shape index (κ3) is 3.84. The molecule has 0 atom stereocenters. The number of carbonyl (C=O) groups excluding carboxylic acids is 1. The molecule has 1 saturated carbocycles. The van der Waals surface area contributed by atoms with Crippen LogP contribution in [0.2, 0.25) is 0 Å². The summed E-state index contributed by atoms with van der Waals surface area (Å²) in [4.78, 5) is 15.1. The van der Waals surface area contributed by atoms with Crippen LogP contribution < -0.4 is 4.72 Å². The normalized spacial score (nSPS) is 25.0. The van der Waals surface area contributed by atoms with Gasteiger partial charge in [0, 0.05) is 19.0 Å². The number of hydrogen-bond acceptors (Lipinski definition) is 3. The second-order valence-corrected chi connectivity index (χ2v) is 9.84. The number of benzene rings is 2. The second kappa shape index (κ2) is 7.33. The van der Waals surface area contributed by atoms with E-state index in [0.29, 0.717) is 25.9 Å². The van der Waals surface area contributed by atoms with E-state index in [4.69, 9.17) is 0 Å². The maximum Gasteiger partial charge on any atom is 0.241 e. The van der Waals surface area contributed by atoms with Crippen LogP contribution in [0.3, 0.4) is 0 Å². The van der Waals surface area contributed by atoms with Crippen molar-refractivity contribution in [1.29, 1.82) is 0 Å². The SMILES string of the molecule is Cc1ccc(S(=O)(=O)NC23CCC(CC2)C(=O)N(Cc2ccccc2)C3)cc1. The van der Waals surface area contributed by atoms with Gasteiger partial charge in [-0.1, -0.05) is 48.0 Å². The van der Waals surface area contributed by atoms with Gasteiger partial charge in [0.05, 0.1) is 10.4 Å². The summed E-state index contributed by atoms with van der Waals surface area (Å²) in [6.07, 6.45) is 2.86. The average Bonchev–Trinajstić information content (AvgIpc) is 2.87. The highest BCUT2D eigenvalue weighted by atomic mass is 32.2. The van der Waals surface area contributed by atoms with Crippen LogP contribution in [0.15, 0.2) is 59.5 Å². The molecule has 28 heavy (non-hydrogen) atoms. The van der Waals surface area contributed by atoms with Crippen LogP contribution in [0.5, 0.6) is 0 Å². The minimum Gasteiger partial charge on any atom is -0.336 e. The molecule has 0 radical (unpaired) electrons. The standard InChI is InChI=1S/C22H26N2O3S/c1-17-7-9-20(10-8-17)28(26,27)23-22-13-11-19(12-14-22)21(25)24(16-22)15-18-5-3-2-4-6-18/h2-10,19,23H,11-16H2,1H3. The van der Waals surface area contributed by atoms with Crippen molar-refractivity contribution in [2.45, 2.75) is 49.6 Å². The molecule has 3 fully saturated rings. The Morgan fingerprint density at radius 1 is 1.04 bits per heavy atom. The first-order valence-electron chi connectivity index (χ1n) is 9.80. The Balaban J connectivity index is 1.60. The molecule has 148 valence electrons. The van der Waals surface area contributed by atoms with Crippen LogP contribution in [0.4, 0.5) is 0 Å². The molecule has 0 unspecified atom stereocenters. The number of nitrogens with zero attached hydrogens (tertiary/aromatic N) is 1. The molecule has 0 aromatic heterocycles. The number of hydrogen-bond donors (Lipinski definition) is 1. The van der Waals surface area contributed by atoms with E-state index in [2.05, 4.69) is 4.72 Å². The van der Waals surface area contributed by atoms with Crippen LogP contribution >= 0.6 is 0 Å². The van der Waals surface area contributed by atoms with Crippen molar-refractivity contribution < 1.29 is 13.2 Å². The lowest BCUT2D eigenvalue weighted by atomic mass is 9.79. The van der Waals surface area contributed by atoms with Gasteiger partial charge < -0.3 is 4.90 Å². The Bertz CT molecular complexity index is 947. The highest BCUT2D eigenvalue weighted by Crippen LogP contribution is 2.39. The highest BCUT2D eigenvalue weighted by Gasteiger charge is 2.46. The smallest absolute Gasteiger partial charge is 0.241 e. The van der Waals surface area contributed by atoms with Gasteiger partial charge in [0.15, 0.2) is 0 Å². The zero-order chi connectivity index (χ0) is 19.8. The molecule has 2 heterocycles. The Morgan fingerprint density at radius 3 is 2.32 bits per heavy atom. The number of nitrogens with one attached hydrogen (secondary N) is 1. The number of carbonyl (C=O) groups is 1. The van der Waals surface area contributed by atoms with Crippen LogP contribution in [0.1, 0.15) is 36.8 Å². The van der Waals surface area contributed by atoms with Crippen molar-refractivity contribution in [3.8, 4) is 0 Å². The van der Waals surface area contributed by atoms with Gasteiger partial charge in [0.1, 0.15) is 0 Å². The van der Waals surface area contributed by atoms with Crippen molar-refractivity contribution in [3.05, 3.63) is 65.7 Å². The molecule has 2 aromatic rings. The minimum absolute atomic E-state index is 0.00298. The van der Waals surface area contributed by atoms with E-state index >= 15 is 0 Å². The predicted octanol–water partition coefficient (Wildman–Crippen LogP) is 3.24. The highest BCUT2D eigenvalue weighted by molar-refractivity contribution is 7.89. The van der Waals surface area contributed by atoms with Crippen molar-refractivity contribution in [1.82, 2.24) is 9.62 Å². The molecule has 3 aliphatic rings. The molecule has 2 saturated heterocycles. The quantitative estimate of drug-likeness (QED) is 0.841. The number of amides is 1. The third-order valence-electron chi connectivity index (χ3n) is 6.00. The Hall–Kier alpha value is -2.18. The van der Waals surface area contributed by atoms with Crippen LogP contribution in [-0.4, -0.2) is 31.3 Å². The summed E-state index contributed by atoms with van der Waals surface area (Å²) in [6, 6.07) is 16.8. The maximum atomic E-state index is 13.0. The molecule has 2 aromatic carbocycles. The summed E-state index contributed by atoms with van der Waals surface area (Å²) >= 11 is 0. The predicted molar refractivity (Wildman–Crippen MR) is 108 cm³/mol. The van der Waals surface area contributed by atoms with Gasteiger partial charge in [0.25, 0.3) is 0 Å². The molecule has 1 N–H and O–H groups in total. The number of rotatable bonds is 5. The van der Waals surface area contributed by atoms with E-state index in [9.17, 15) is 13.2 Å². The molecule has 1 amide bonds. The third-order valence-corrected chi connectivity index (χ3v) is 7.59. The van der Waals surface area contributed by atoms with Crippen molar-refractivity contribution in [2.24, 2.45) is 5.92 Å². The first-order valence-corrected chi connectivity index (χ1v) is 11.3. The average molecular weight is 399 g/mol. The Kier molecular flexibility index (Phi) is 5.02. The maximum absolute atomic E-state index is 13.0. The lowest BCUT2D eigenvalue weighted by molar-refractivity contribution is -0.135. The van der Waals surface area contributed by atoms with Gasteiger partial charge in [-0.25, -0.2) is 13.1 Å². The van der Waals surface area contributed by atoms with Gasteiger partial charge in [-0.2, -0.15) is 0 Å². The zero-order valence-corrected chi connectivity index (χ0v) is 16.9. The Morgan fingerprint density at radius 2 is 1.68 bits per heavy atom. The van der Waals surface area contributed by atoms with Crippen LogP contribution in [0.25, 0.3) is 0 Å². The van der Waals surface area contributed by atoms with Crippen molar-refractivity contribution in [3.63, 3.8) is 0 Å². The first kappa shape index (κ1) is 19.2. The number of aryl methyl sites for hydroxylation is 1. The lowest BCUT2D eigenvalue weighted by Gasteiger charge is -2.37.